The van der Waals surface area contributed by atoms with Crippen molar-refractivity contribution < 1.29 is 4.52 Å². The molecule has 1 atom stereocenters. The van der Waals surface area contributed by atoms with Crippen LogP contribution in [-0.4, -0.2) is 42.4 Å². The minimum atomic E-state index is 0.466. The number of aryl methyl sites for hydroxylation is 3. The molecular formula is C13H20N6O. The second-order valence-electron chi connectivity index (χ2n) is 5.38. The molecule has 2 aromatic heterocycles. The molecule has 3 rings (SSSR count). The van der Waals surface area contributed by atoms with Crippen molar-refractivity contribution in [2.45, 2.75) is 52.7 Å². The molecule has 1 fully saturated rings. The van der Waals surface area contributed by atoms with Gasteiger partial charge in [-0.1, -0.05) is 5.16 Å². The third-order valence-corrected chi connectivity index (χ3v) is 3.76. The van der Waals surface area contributed by atoms with Crippen molar-refractivity contribution in [1.29, 1.82) is 0 Å². The largest absolute Gasteiger partial charge is 0.340 e. The van der Waals surface area contributed by atoms with E-state index in [1.54, 1.807) is 0 Å². The second kappa shape index (κ2) is 5.32. The molecule has 0 spiro atoms. The van der Waals surface area contributed by atoms with E-state index < -0.39 is 0 Å². The molecule has 0 unspecified atom stereocenters. The van der Waals surface area contributed by atoms with Crippen LogP contribution in [0.25, 0.3) is 0 Å². The lowest BCUT2D eigenvalue weighted by Gasteiger charge is -2.23. The summed E-state index contributed by atoms with van der Waals surface area (Å²) in [5.74, 6) is 3.20. The summed E-state index contributed by atoms with van der Waals surface area (Å²) in [4.78, 5) is 11.0. The Morgan fingerprint density at radius 2 is 2.10 bits per heavy atom. The van der Waals surface area contributed by atoms with Crippen LogP contribution in [0.4, 0.5) is 0 Å². The maximum Gasteiger partial charge on any atom is 0.223 e. The Labute approximate surface area is 118 Å². The first-order valence-electron chi connectivity index (χ1n) is 7.03. The first-order valence-corrected chi connectivity index (χ1v) is 7.03. The van der Waals surface area contributed by atoms with Crippen LogP contribution in [0, 0.1) is 20.8 Å². The van der Waals surface area contributed by atoms with Gasteiger partial charge in [-0.15, -0.1) is 0 Å². The third-order valence-electron chi connectivity index (χ3n) is 3.76. The molecule has 2 aromatic rings. The quantitative estimate of drug-likeness (QED) is 0.837. The topological polar surface area (TPSA) is 72.9 Å². The molecule has 0 radical (unpaired) electrons. The molecule has 7 heteroatoms. The molecule has 108 valence electrons. The molecule has 1 saturated heterocycles. The fourth-order valence-corrected chi connectivity index (χ4v) is 2.83. The molecule has 1 aliphatic heterocycles. The van der Waals surface area contributed by atoms with Crippen LogP contribution in [0.3, 0.4) is 0 Å². The maximum atomic E-state index is 5.04. The number of rotatable bonds is 4. The molecule has 3 heterocycles. The van der Waals surface area contributed by atoms with E-state index in [2.05, 4.69) is 25.1 Å². The van der Waals surface area contributed by atoms with Gasteiger partial charge in [0.05, 0.1) is 13.1 Å². The number of hydrogen-bond acceptors (Lipinski definition) is 6. The Balaban J connectivity index is 1.67. The van der Waals surface area contributed by atoms with Gasteiger partial charge in [0.15, 0.2) is 5.82 Å². The summed E-state index contributed by atoms with van der Waals surface area (Å²) in [7, 11) is 0. The summed E-state index contributed by atoms with van der Waals surface area (Å²) in [6.45, 7) is 8.45. The Kier molecular flexibility index (Phi) is 3.52. The molecule has 7 nitrogen and oxygen atoms in total. The Morgan fingerprint density at radius 3 is 2.75 bits per heavy atom. The molecular weight excluding hydrogens is 256 g/mol. The number of hydrogen-bond donors (Lipinski definition) is 0. The van der Waals surface area contributed by atoms with E-state index in [0.29, 0.717) is 11.9 Å². The fraction of sp³-hybridized carbons (Fsp3) is 0.692. The molecule has 0 amide bonds. The predicted octanol–water partition coefficient (Wildman–Crippen LogP) is 1.25. The summed E-state index contributed by atoms with van der Waals surface area (Å²) in [5.41, 5.74) is 0. The van der Waals surface area contributed by atoms with Gasteiger partial charge in [0, 0.05) is 13.0 Å². The monoisotopic (exact) mass is 276 g/mol. The number of likely N-dealkylation sites (tertiary alicyclic amines) is 1. The van der Waals surface area contributed by atoms with Gasteiger partial charge in [-0.3, -0.25) is 4.90 Å². The van der Waals surface area contributed by atoms with Crippen molar-refractivity contribution in [3.8, 4) is 0 Å². The second-order valence-corrected chi connectivity index (χ2v) is 5.38. The third kappa shape index (κ3) is 2.72. The highest BCUT2D eigenvalue weighted by Gasteiger charge is 2.27. The van der Waals surface area contributed by atoms with Crippen LogP contribution in [0.2, 0.25) is 0 Å². The van der Waals surface area contributed by atoms with Crippen LogP contribution < -0.4 is 0 Å². The molecule has 0 saturated carbocycles. The van der Waals surface area contributed by atoms with Gasteiger partial charge in [0.2, 0.25) is 5.89 Å². The van der Waals surface area contributed by atoms with Crippen molar-refractivity contribution in [3.05, 3.63) is 23.4 Å². The zero-order valence-corrected chi connectivity index (χ0v) is 12.2. The van der Waals surface area contributed by atoms with Gasteiger partial charge in [0.1, 0.15) is 11.6 Å². The van der Waals surface area contributed by atoms with Crippen LogP contribution in [0.5, 0.6) is 0 Å². The first kappa shape index (κ1) is 13.2. The summed E-state index contributed by atoms with van der Waals surface area (Å²) in [6, 6.07) is 0.466. The molecule has 1 aliphatic rings. The average Bonchev–Trinajstić information content (AvgIpc) is 3.05. The van der Waals surface area contributed by atoms with E-state index in [0.717, 1.165) is 37.1 Å². The predicted molar refractivity (Wildman–Crippen MR) is 72.0 cm³/mol. The molecule has 0 bridgehead atoms. The minimum absolute atomic E-state index is 0.466. The van der Waals surface area contributed by atoms with E-state index in [4.69, 9.17) is 4.52 Å². The van der Waals surface area contributed by atoms with Gasteiger partial charge in [-0.2, -0.15) is 10.1 Å². The van der Waals surface area contributed by atoms with Gasteiger partial charge >= 0.3 is 0 Å². The standard InChI is InChI=1S/C13H20N6O/c1-9-14-10(2)19(16-9)7-12-5-4-6-18(12)8-13-15-11(3)20-17-13/h12H,4-8H2,1-3H3/t12-/m1/s1. The van der Waals surface area contributed by atoms with Gasteiger partial charge < -0.3 is 4.52 Å². The van der Waals surface area contributed by atoms with Crippen molar-refractivity contribution in [2.24, 2.45) is 0 Å². The van der Waals surface area contributed by atoms with E-state index >= 15 is 0 Å². The molecule has 0 aliphatic carbocycles. The van der Waals surface area contributed by atoms with E-state index in [1.807, 2.05) is 25.5 Å². The lowest BCUT2D eigenvalue weighted by molar-refractivity contribution is 0.210. The number of nitrogens with zero attached hydrogens (tertiary/aromatic N) is 6. The maximum absolute atomic E-state index is 5.04. The Bertz CT molecular complexity index is 589. The van der Waals surface area contributed by atoms with E-state index in [9.17, 15) is 0 Å². The summed E-state index contributed by atoms with van der Waals surface area (Å²) in [6.07, 6.45) is 2.38. The van der Waals surface area contributed by atoms with Crippen LogP contribution in [-0.2, 0) is 13.1 Å². The average molecular weight is 276 g/mol. The highest BCUT2D eigenvalue weighted by molar-refractivity contribution is 4.92. The van der Waals surface area contributed by atoms with Crippen LogP contribution in [0.1, 0.15) is 36.2 Å². The van der Waals surface area contributed by atoms with Crippen molar-refractivity contribution in [1.82, 2.24) is 29.8 Å². The smallest absolute Gasteiger partial charge is 0.223 e. The molecule has 0 aromatic carbocycles. The van der Waals surface area contributed by atoms with Crippen molar-refractivity contribution in [2.75, 3.05) is 6.54 Å². The summed E-state index contributed by atoms with van der Waals surface area (Å²) in [5, 5.41) is 8.43. The van der Waals surface area contributed by atoms with Crippen molar-refractivity contribution >= 4 is 0 Å². The van der Waals surface area contributed by atoms with E-state index in [1.165, 1.54) is 12.8 Å². The highest BCUT2D eigenvalue weighted by atomic mass is 16.5. The SMILES string of the molecule is Cc1nc(C)n(C[C@H]2CCCN2Cc2noc(C)n2)n1. The van der Waals surface area contributed by atoms with Gasteiger partial charge in [-0.25, -0.2) is 9.67 Å². The minimum Gasteiger partial charge on any atom is -0.340 e. The normalized spacial score (nSPS) is 19.9. The van der Waals surface area contributed by atoms with Crippen LogP contribution in [0.15, 0.2) is 4.52 Å². The van der Waals surface area contributed by atoms with Gasteiger partial charge in [0.25, 0.3) is 0 Å². The lowest BCUT2D eigenvalue weighted by Crippen LogP contribution is -2.33. The van der Waals surface area contributed by atoms with Crippen LogP contribution >= 0.6 is 0 Å². The van der Waals surface area contributed by atoms with E-state index in [-0.39, 0.29) is 0 Å². The zero-order valence-electron chi connectivity index (χ0n) is 12.2. The first-order chi connectivity index (χ1) is 9.61. The van der Waals surface area contributed by atoms with Crippen molar-refractivity contribution in [3.63, 3.8) is 0 Å². The highest BCUT2D eigenvalue weighted by Crippen LogP contribution is 2.21. The number of aromatic nitrogens is 5. The Hall–Kier alpha value is -1.76. The Morgan fingerprint density at radius 1 is 1.25 bits per heavy atom. The summed E-state index contributed by atoms with van der Waals surface area (Å²) < 4.78 is 7.04. The molecule has 0 N–H and O–H groups in total. The zero-order chi connectivity index (χ0) is 14.1. The lowest BCUT2D eigenvalue weighted by atomic mass is 10.2. The fourth-order valence-electron chi connectivity index (χ4n) is 2.83. The van der Waals surface area contributed by atoms with Gasteiger partial charge in [-0.05, 0) is 33.2 Å². The molecule has 20 heavy (non-hydrogen) atoms. The summed E-state index contributed by atoms with van der Waals surface area (Å²) >= 11 is 0.